The minimum absolute atomic E-state index is 0.157. The van der Waals surface area contributed by atoms with Gasteiger partial charge in [0.25, 0.3) is 0 Å². The molecule has 0 saturated heterocycles. The van der Waals surface area contributed by atoms with Crippen molar-refractivity contribution in [2.45, 2.75) is 25.8 Å². The van der Waals surface area contributed by atoms with Crippen LogP contribution in [0.1, 0.15) is 20.8 Å². The Labute approximate surface area is 46.7 Å². The van der Waals surface area contributed by atoms with Crippen molar-refractivity contribution in [3.63, 3.8) is 0 Å². The van der Waals surface area contributed by atoms with Gasteiger partial charge in [0, 0.05) is 0 Å². The Kier molecular flexibility index (Phi) is 1.98. The second-order valence-corrected chi connectivity index (χ2v) is 5.12. The van der Waals surface area contributed by atoms with Crippen molar-refractivity contribution < 1.29 is 0 Å². The van der Waals surface area contributed by atoms with E-state index in [4.69, 9.17) is 10.8 Å². The van der Waals surface area contributed by atoms with E-state index < -0.39 is 9.12 Å². The monoisotopic (exact) mass is 117 g/mol. The van der Waals surface area contributed by atoms with Crippen LogP contribution < -0.4 is 10.8 Å². The van der Waals surface area contributed by atoms with Gasteiger partial charge in [-0.15, -0.1) is 0 Å². The van der Waals surface area contributed by atoms with Crippen LogP contribution in [0.3, 0.4) is 0 Å². The summed E-state index contributed by atoms with van der Waals surface area (Å²) >= 11 is 0. The van der Waals surface area contributed by atoms with Crippen LogP contribution in [-0.2, 0) is 0 Å². The molecule has 0 aromatic heterocycles. The second-order valence-electron chi connectivity index (χ2n) is 2.71. The van der Waals surface area contributed by atoms with Crippen molar-refractivity contribution in [2.24, 2.45) is 10.8 Å². The molecule has 0 spiro atoms. The molecule has 0 heterocycles. The lowest BCUT2D eigenvalue weighted by Gasteiger charge is -2.18. The fourth-order valence-corrected chi connectivity index (χ4v) is 0. The summed E-state index contributed by atoms with van der Waals surface area (Å²) in [6, 6.07) is 0. The van der Waals surface area contributed by atoms with Crippen LogP contribution in [0.5, 0.6) is 0 Å². The third kappa shape index (κ3) is 2.79. The predicted octanol–water partition coefficient (Wildman–Crippen LogP) is 0.192. The summed E-state index contributed by atoms with van der Waals surface area (Å²) in [7, 11) is -1.05. The lowest BCUT2D eigenvalue weighted by atomic mass is 10.3. The van der Waals surface area contributed by atoms with Gasteiger partial charge in [-0.1, -0.05) is 20.8 Å². The van der Waals surface area contributed by atoms with Gasteiger partial charge in [-0.25, -0.2) is 0 Å². The third-order valence-corrected chi connectivity index (χ3v) is 2.60. The van der Waals surface area contributed by atoms with E-state index in [0.717, 1.165) is 0 Å². The molecule has 2 nitrogen and oxygen atoms in total. The minimum atomic E-state index is -1.05. The first-order chi connectivity index (χ1) is 2.94. The molecule has 0 atom stereocenters. The molecule has 0 unspecified atom stereocenters. The lowest BCUT2D eigenvalue weighted by molar-refractivity contribution is 0.732. The van der Waals surface area contributed by atoms with Gasteiger partial charge in [-0.2, -0.15) is 0 Å². The average molecular weight is 117 g/mol. The molecule has 0 amide bonds. The van der Waals surface area contributed by atoms with Crippen molar-refractivity contribution in [1.82, 2.24) is 0 Å². The number of rotatable bonds is 0. The van der Waals surface area contributed by atoms with Gasteiger partial charge in [0.1, 0.15) is 0 Å². The van der Waals surface area contributed by atoms with Crippen LogP contribution in [0.25, 0.3) is 0 Å². The molecule has 43 valence electrons. The highest BCUT2D eigenvalue weighted by molar-refractivity contribution is 6.54. The van der Waals surface area contributed by atoms with E-state index in [2.05, 4.69) is 20.8 Å². The maximum atomic E-state index is 5.45. The highest BCUT2D eigenvalue weighted by atomic mass is 28.3. The van der Waals surface area contributed by atoms with E-state index in [1.807, 2.05) is 0 Å². The maximum Gasteiger partial charge on any atom is 0.223 e. The van der Waals surface area contributed by atoms with Gasteiger partial charge in [0.05, 0.1) is 0 Å². The van der Waals surface area contributed by atoms with Crippen LogP contribution in [0.2, 0.25) is 5.04 Å². The average Bonchev–Trinajstić information content (AvgIpc) is 1.31. The molecule has 0 saturated carbocycles. The molecule has 1 radical (unpaired) electrons. The van der Waals surface area contributed by atoms with E-state index in [9.17, 15) is 0 Å². The first-order valence-electron chi connectivity index (χ1n) is 2.33. The number of nitrogens with two attached hydrogens (primary N) is 2. The molecular formula is C4H13N2Si. The summed E-state index contributed by atoms with van der Waals surface area (Å²) in [6.07, 6.45) is 0. The summed E-state index contributed by atoms with van der Waals surface area (Å²) in [5.74, 6) is 0. The lowest BCUT2D eigenvalue weighted by Crippen LogP contribution is -2.45. The molecule has 3 heteroatoms. The molecule has 0 bridgehead atoms. The van der Waals surface area contributed by atoms with Crippen molar-refractivity contribution in [3.05, 3.63) is 0 Å². The zero-order chi connectivity index (χ0) is 6.08. The Balaban J connectivity index is 3.54. The summed E-state index contributed by atoms with van der Waals surface area (Å²) < 4.78 is 0. The van der Waals surface area contributed by atoms with E-state index in [-0.39, 0.29) is 5.04 Å². The Morgan fingerprint density at radius 1 is 1.14 bits per heavy atom. The second kappa shape index (κ2) is 1.94. The molecule has 0 rings (SSSR count). The highest BCUT2D eigenvalue weighted by Crippen LogP contribution is 2.19. The van der Waals surface area contributed by atoms with Crippen LogP contribution in [0.4, 0.5) is 0 Å². The van der Waals surface area contributed by atoms with Crippen LogP contribution in [0, 0.1) is 0 Å². The minimum Gasteiger partial charge on any atom is -0.339 e. The summed E-state index contributed by atoms with van der Waals surface area (Å²) in [5, 5.41) is 11.1. The van der Waals surface area contributed by atoms with Crippen molar-refractivity contribution >= 4 is 9.12 Å². The van der Waals surface area contributed by atoms with Crippen molar-refractivity contribution in [3.8, 4) is 0 Å². The van der Waals surface area contributed by atoms with E-state index >= 15 is 0 Å². The van der Waals surface area contributed by atoms with Crippen molar-refractivity contribution in [1.29, 1.82) is 0 Å². The Bertz CT molecular complexity index is 55.2. The maximum absolute atomic E-state index is 5.45. The topological polar surface area (TPSA) is 52.0 Å². The molecule has 4 N–H and O–H groups in total. The van der Waals surface area contributed by atoms with E-state index in [1.54, 1.807) is 0 Å². The molecule has 0 aromatic rings. The van der Waals surface area contributed by atoms with Crippen molar-refractivity contribution in [2.75, 3.05) is 0 Å². The first-order valence-corrected chi connectivity index (χ1v) is 3.98. The van der Waals surface area contributed by atoms with Crippen LogP contribution >= 0.6 is 0 Å². The fourth-order valence-electron chi connectivity index (χ4n) is 0. The third-order valence-electron chi connectivity index (χ3n) is 0.866. The van der Waals surface area contributed by atoms with Crippen LogP contribution in [-0.4, -0.2) is 9.12 Å². The molecule has 0 fully saturated rings. The number of hydrogen-bond donors (Lipinski definition) is 2. The Hall–Kier alpha value is 0.137. The molecular weight excluding hydrogens is 104 g/mol. The summed E-state index contributed by atoms with van der Waals surface area (Å²) in [4.78, 5) is 0. The SMILES string of the molecule is CC(C)(C)[Si](N)N. The van der Waals surface area contributed by atoms with Gasteiger partial charge in [0.15, 0.2) is 0 Å². The smallest absolute Gasteiger partial charge is 0.223 e. The normalized spacial score (nSPS) is 12.9. The molecule has 0 aliphatic carbocycles. The summed E-state index contributed by atoms with van der Waals surface area (Å²) in [6.45, 7) is 6.17. The van der Waals surface area contributed by atoms with Gasteiger partial charge < -0.3 is 10.8 Å². The Morgan fingerprint density at radius 2 is 1.29 bits per heavy atom. The predicted molar refractivity (Wildman–Crippen MR) is 33.8 cm³/mol. The quantitative estimate of drug-likeness (QED) is 0.445. The van der Waals surface area contributed by atoms with Crippen LogP contribution in [0.15, 0.2) is 0 Å². The molecule has 0 aromatic carbocycles. The molecule has 0 aliphatic rings. The van der Waals surface area contributed by atoms with Gasteiger partial charge in [0.2, 0.25) is 9.12 Å². The van der Waals surface area contributed by atoms with Gasteiger partial charge in [-0.3, -0.25) is 0 Å². The molecule has 0 aliphatic heterocycles. The van der Waals surface area contributed by atoms with Gasteiger partial charge >= 0.3 is 0 Å². The highest BCUT2D eigenvalue weighted by Gasteiger charge is 2.18. The standard InChI is InChI=1S/C4H13N2Si/c1-4(2,3)7(5)6/h5-6H2,1-3H3. The summed E-state index contributed by atoms with van der Waals surface area (Å²) in [5.41, 5.74) is 0. The zero-order valence-corrected chi connectivity index (χ0v) is 6.15. The first kappa shape index (κ1) is 7.14. The largest absolute Gasteiger partial charge is 0.339 e. The van der Waals surface area contributed by atoms with E-state index in [0.29, 0.717) is 0 Å². The number of hydrogen-bond acceptors (Lipinski definition) is 2. The van der Waals surface area contributed by atoms with E-state index in [1.165, 1.54) is 0 Å². The molecule has 7 heavy (non-hydrogen) atoms. The fraction of sp³-hybridized carbons (Fsp3) is 1.00. The Morgan fingerprint density at radius 3 is 1.29 bits per heavy atom. The zero-order valence-electron chi connectivity index (χ0n) is 5.15. The van der Waals surface area contributed by atoms with Gasteiger partial charge in [-0.05, 0) is 5.04 Å².